The van der Waals surface area contributed by atoms with Crippen LogP contribution < -0.4 is 10.6 Å². The molecule has 0 bridgehead atoms. The van der Waals surface area contributed by atoms with Crippen molar-refractivity contribution in [1.29, 1.82) is 0 Å². The van der Waals surface area contributed by atoms with E-state index in [-0.39, 0.29) is 16.8 Å². The van der Waals surface area contributed by atoms with E-state index >= 15 is 4.39 Å². The summed E-state index contributed by atoms with van der Waals surface area (Å²) >= 11 is 0. The number of nitrogens with zero attached hydrogens (tertiary/aromatic N) is 2. The standard InChI is InChI=1S/C24H19FN4O3/c1-2-27-24(32)29-21-11-19-20(13-28-21)17(14-5-7-15(8-6-14)23(30)31)10-18(22(19)25)16-4-3-9-26-12-16/h3-13H,2H2,1H3,(H,30,31)(H2,27,28,29,32). The molecule has 0 saturated carbocycles. The average Bonchev–Trinajstić information content (AvgIpc) is 2.80. The molecular weight excluding hydrogens is 411 g/mol. The van der Waals surface area contributed by atoms with Crippen molar-refractivity contribution in [2.75, 3.05) is 11.9 Å². The van der Waals surface area contributed by atoms with E-state index in [1.165, 1.54) is 24.4 Å². The van der Waals surface area contributed by atoms with Crippen molar-refractivity contribution in [3.05, 3.63) is 78.5 Å². The fourth-order valence-electron chi connectivity index (χ4n) is 3.43. The van der Waals surface area contributed by atoms with Gasteiger partial charge in [0.1, 0.15) is 11.6 Å². The van der Waals surface area contributed by atoms with Crippen LogP contribution in [0.2, 0.25) is 0 Å². The highest BCUT2D eigenvalue weighted by molar-refractivity contribution is 6.02. The third-order valence-electron chi connectivity index (χ3n) is 4.95. The number of carbonyl (C=O) groups excluding carboxylic acids is 1. The molecule has 0 aliphatic heterocycles. The van der Waals surface area contributed by atoms with Gasteiger partial charge in [0.15, 0.2) is 0 Å². The quantitative estimate of drug-likeness (QED) is 0.416. The zero-order chi connectivity index (χ0) is 22.7. The maximum Gasteiger partial charge on any atom is 0.335 e. The number of benzene rings is 2. The van der Waals surface area contributed by atoms with Gasteiger partial charge in [0.25, 0.3) is 0 Å². The Balaban J connectivity index is 1.92. The fourth-order valence-corrected chi connectivity index (χ4v) is 3.43. The molecule has 0 aliphatic rings. The molecule has 3 N–H and O–H groups in total. The average molecular weight is 430 g/mol. The molecule has 2 aromatic heterocycles. The van der Waals surface area contributed by atoms with E-state index in [1.807, 2.05) is 0 Å². The summed E-state index contributed by atoms with van der Waals surface area (Å²) in [6.07, 6.45) is 4.66. The van der Waals surface area contributed by atoms with Crippen molar-refractivity contribution < 1.29 is 19.1 Å². The first-order chi connectivity index (χ1) is 15.5. The van der Waals surface area contributed by atoms with Crippen LogP contribution in [0.4, 0.5) is 15.0 Å². The van der Waals surface area contributed by atoms with Gasteiger partial charge in [-0.3, -0.25) is 10.3 Å². The first-order valence-electron chi connectivity index (χ1n) is 9.89. The molecule has 160 valence electrons. The van der Waals surface area contributed by atoms with Crippen LogP contribution >= 0.6 is 0 Å². The molecule has 0 atom stereocenters. The van der Waals surface area contributed by atoms with Crippen LogP contribution in [0.25, 0.3) is 33.0 Å². The lowest BCUT2D eigenvalue weighted by atomic mass is 9.93. The first-order valence-corrected chi connectivity index (χ1v) is 9.89. The molecule has 2 heterocycles. The number of aromatic carboxylic acids is 1. The van der Waals surface area contributed by atoms with E-state index in [2.05, 4.69) is 20.6 Å². The lowest BCUT2D eigenvalue weighted by molar-refractivity contribution is 0.0697. The van der Waals surface area contributed by atoms with Gasteiger partial charge in [-0.15, -0.1) is 0 Å². The number of amides is 2. The minimum absolute atomic E-state index is 0.152. The second kappa shape index (κ2) is 8.81. The number of carboxylic acid groups (broad SMARTS) is 1. The molecule has 2 aromatic carbocycles. The van der Waals surface area contributed by atoms with E-state index in [9.17, 15) is 14.7 Å². The lowest BCUT2D eigenvalue weighted by Crippen LogP contribution is -2.28. The third-order valence-corrected chi connectivity index (χ3v) is 4.95. The van der Waals surface area contributed by atoms with Gasteiger partial charge in [0, 0.05) is 47.0 Å². The van der Waals surface area contributed by atoms with E-state index in [4.69, 9.17) is 0 Å². The fraction of sp³-hybridized carbons (Fsp3) is 0.0833. The summed E-state index contributed by atoms with van der Waals surface area (Å²) in [5.41, 5.74) is 2.45. The molecule has 0 aliphatic carbocycles. The summed E-state index contributed by atoms with van der Waals surface area (Å²) in [7, 11) is 0. The summed E-state index contributed by atoms with van der Waals surface area (Å²) in [6.45, 7) is 2.23. The van der Waals surface area contributed by atoms with Crippen LogP contribution in [0.5, 0.6) is 0 Å². The summed E-state index contributed by atoms with van der Waals surface area (Å²) in [5.74, 6) is -1.29. The number of carboxylic acids is 1. The van der Waals surface area contributed by atoms with Crippen LogP contribution in [0.15, 0.2) is 67.1 Å². The summed E-state index contributed by atoms with van der Waals surface area (Å²) in [4.78, 5) is 31.4. The normalized spacial score (nSPS) is 10.7. The van der Waals surface area contributed by atoms with Crippen molar-refractivity contribution in [2.45, 2.75) is 6.92 Å². The maximum atomic E-state index is 15.6. The Morgan fingerprint density at radius 3 is 2.44 bits per heavy atom. The number of carbonyl (C=O) groups is 2. The summed E-state index contributed by atoms with van der Waals surface area (Å²) < 4.78 is 15.6. The van der Waals surface area contributed by atoms with Crippen LogP contribution in [0.1, 0.15) is 17.3 Å². The summed E-state index contributed by atoms with van der Waals surface area (Å²) in [6, 6.07) is 12.5. The summed E-state index contributed by atoms with van der Waals surface area (Å²) in [5, 5.41) is 15.2. The SMILES string of the molecule is CCNC(=O)Nc1cc2c(F)c(-c3cccnc3)cc(-c3ccc(C(=O)O)cc3)c2cn1. The number of anilines is 1. The number of hydrogen-bond acceptors (Lipinski definition) is 4. The molecular formula is C24H19FN4O3. The number of nitrogens with one attached hydrogen (secondary N) is 2. The zero-order valence-corrected chi connectivity index (χ0v) is 17.1. The molecule has 0 saturated heterocycles. The van der Waals surface area contributed by atoms with Crippen molar-refractivity contribution in [1.82, 2.24) is 15.3 Å². The van der Waals surface area contributed by atoms with Gasteiger partial charge in [0.05, 0.1) is 5.56 Å². The molecule has 0 spiro atoms. The minimum Gasteiger partial charge on any atom is -0.478 e. The lowest BCUT2D eigenvalue weighted by Gasteiger charge is -2.14. The molecule has 0 unspecified atom stereocenters. The molecule has 32 heavy (non-hydrogen) atoms. The number of pyridine rings is 2. The Labute approximate surface area is 183 Å². The third kappa shape index (κ3) is 4.11. The Bertz CT molecular complexity index is 1310. The molecule has 0 fully saturated rings. The zero-order valence-electron chi connectivity index (χ0n) is 17.1. The van der Waals surface area contributed by atoms with E-state index < -0.39 is 17.8 Å². The van der Waals surface area contributed by atoms with Gasteiger partial charge < -0.3 is 10.4 Å². The van der Waals surface area contributed by atoms with Crippen LogP contribution in [0.3, 0.4) is 0 Å². The number of halogens is 1. The Morgan fingerprint density at radius 1 is 1.00 bits per heavy atom. The Morgan fingerprint density at radius 2 is 1.78 bits per heavy atom. The van der Waals surface area contributed by atoms with E-state index in [0.29, 0.717) is 34.2 Å². The highest BCUT2D eigenvalue weighted by Gasteiger charge is 2.17. The van der Waals surface area contributed by atoms with Gasteiger partial charge >= 0.3 is 12.0 Å². The van der Waals surface area contributed by atoms with Crippen LogP contribution in [-0.4, -0.2) is 33.6 Å². The second-order valence-corrected chi connectivity index (χ2v) is 7.01. The molecule has 4 aromatic rings. The molecule has 8 heteroatoms. The first kappa shape index (κ1) is 20.9. The van der Waals surface area contributed by atoms with Gasteiger partial charge in [-0.2, -0.15) is 0 Å². The van der Waals surface area contributed by atoms with Crippen LogP contribution in [0, 0.1) is 5.82 Å². The highest BCUT2D eigenvalue weighted by atomic mass is 19.1. The molecule has 2 amide bonds. The van der Waals surface area contributed by atoms with Crippen LogP contribution in [-0.2, 0) is 0 Å². The number of aromatic nitrogens is 2. The Hall–Kier alpha value is -4.33. The monoisotopic (exact) mass is 430 g/mol. The largest absolute Gasteiger partial charge is 0.478 e. The number of urea groups is 1. The maximum absolute atomic E-state index is 15.6. The molecule has 4 rings (SSSR count). The van der Waals surface area contributed by atoms with Gasteiger partial charge in [-0.1, -0.05) is 18.2 Å². The van der Waals surface area contributed by atoms with E-state index in [0.717, 1.165) is 0 Å². The van der Waals surface area contributed by atoms with Crippen molar-refractivity contribution in [3.8, 4) is 22.3 Å². The van der Waals surface area contributed by atoms with Crippen molar-refractivity contribution in [2.24, 2.45) is 0 Å². The van der Waals surface area contributed by atoms with Gasteiger partial charge in [0.2, 0.25) is 0 Å². The van der Waals surface area contributed by atoms with Gasteiger partial charge in [-0.25, -0.2) is 19.0 Å². The number of hydrogen-bond donors (Lipinski definition) is 3. The highest BCUT2D eigenvalue weighted by Crippen LogP contribution is 2.37. The topological polar surface area (TPSA) is 104 Å². The van der Waals surface area contributed by atoms with Crippen molar-refractivity contribution >= 4 is 28.6 Å². The smallest absolute Gasteiger partial charge is 0.335 e. The predicted octanol–water partition coefficient (Wildman–Crippen LogP) is 4.94. The molecule has 0 radical (unpaired) electrons. The minimum atomic E-state index is -1.03. The predicted molar refractivity (Wildman–Crippen MR) is 120 cm³/mol. The van der Waals surface area contributed by atoms with E-state index in [1.54, 1.807) is 49.6 Å². The Kier molecular flexibility index (Phi) is 5.76. The molecule has 7 nitrogen and oxygen atoms in total. The number of fused-ring (bicyclic) bond motifs is 1. The number of rotatable bonds is 5. The second-order valence-electron chi connectivity index (χ2n) is 7.01. The van der Waals surface area contributed by atoms with Gasteiger partial charge in [-0.05, 0) is 48.4 Å². The van der Waals surface area contributed by atoms with Crippen molar-refractivity contribution in [3.63, 3.8) is 0 Å².